The first-order valence-corrected chi connectivity index (χ1v) is 15.3. The van der Waals surface area contributed by atoms with Crippen molar-refractivity contribution in [2.75, 3.05) is 11.9 Å². The lowest BCUT2D eigenvalue weighted by atomic mass is 10.1. The van der Waals surface area contributed by atoms with Gasteiger partial charge >= 0.3 is 0 Å². The fraction of sp³-hybridized carbons (Fsp3) is 0.176. The van der Waals surface area contributed by atoms with Gasteiger partial charge in [0.05, 0.1) is 10.2 Å². The molecule has 43 heavy (non-hydrogen) atoms. The highest BCUT2D eigenvalue weighted by molar-refractivity contribution is 14.1. The molecule has 4 aromatic rings. The minimum absolute atomic E-state index is 0.0558. The van der Waals surface area contributed by atoms with Gasteiger partial charge in [-0.25, -0.2) is 0 Å². The summed E-state index contributed by atoms with van der Waals surface area (Å²) in [6.45, 7) is 7.12. The van der Waals surface area contributed by atoms with Crippen molar-refractivity contribution in [3.05, 3.63) is 120 Å². The Hall–Kier alpha value is -3.71. The number of ether oxygens (including phenoxy) is 3. The number of carbonyl (C=O) groups is 1. The SMILES string of the molecule is CCOc1cc(/C=C(\C#N)C(=O)Nc2ccc(OCc3ccc(Cl)cc3Cl)cc2)cc(I)c1OCc1ccc(C)c(C)c1. The fourth-order valence-corrected chi connectivity index (χ4v) is 5.32. The van der Waals surface area contributed by atoms with Gasteiger partial charge in [-0.1, -0.05) is 47.5 Å². The van der Waals surface area contributed by atoms with Crippen molar-refractivity contribution in [1.29, 1.82) is 5.26 Å². The van der Waals surface area contributed by atoms with Crippen LogP contribution in [-0.2, 0) is 18.0 Å². The van der Waals surface area contributed by atoms with Crippen LogP contribution in [0.5, 0.6) is 17.2 Å². The van der Waals surface area contributed by atoms with E-state index in [0.717, 1.165) is 14.7 Å². The monoisotopic (exact) mass is 726 g/mol. The number of carbonyl (C=O) groups excluding carboxylic acids is 1. The highest BCUT2D eigenvalue weighted by Gasteiger charge is 2.15. The van der Waals surface area contributed by atoms with Gasteiger partial charge in [0.2, 0.25) is 0 Å². The molecule has 220 valence electrons. The zero-order valence-electron chi connectivity index (χ0n) is 23.8. The van der Waals surface area contributed by atoms with Crippen LogP contribution in [0, 0.1) is 28.7 Å². The summed E-state index contributed by atoms with van der Waals surface area (Å²) in [6.07, 6.45) is 1.53. The topological polar surface area (TPSA) is 80.6 Å². The van der Waals surface area contributed by atoms with Crippen LogP contribution in [-0.4, -0.2) is 12.5 Å². The van der Waals surface area contributed by atoms with Crippen LogP contribution in [0.3, 0.4) is 0 Å². The smallest absolute Gasteiger partial charge is 0.266 e. The largest absolute Gasteiger partial charge is 0.490 e. The number of anilines is 1. The molecule has 0 bridgehead atoms. The highest BCUT2D eigenvalue weighted by Crippen LogP contribution is 2.36. The van der Waals surface area contributed by atoms with Gasteiger partial charge in [0.25, 0.3) is 5.91 Å². The predicted molar refractivity (Wildman–Crippen MR) is 180 cm³/mol. The maximum absolute atomic E-state index is 13.0. The normalized spacial score (nSPS) is 11.0. The van der Waals surface area contributed by atoms with Gasteiger partial charge in [-0.2, -0.15) is 5.26 Å². The van der Waals surface area contributed by atoms with Crippen LogP contribution in [0.15, 0.2) is 78.4 Å². The van der Waals surface area contributed by atoms with E-state index in [0.29, 0.717) is 51.8 Å². The molecule has 0 aromatic heterocycles. The maximum Gasteiger partial charge on any atom is 0.266 e. The number of benzene rings is 4. The number of nitriles is 1. The van der Waals surface area contributed by atoms with E-state index in [1.54, 1.807) is 48.5 Å². The summed E-state index contributed by atoms with van der Waals surface area (Å²) >= 11 is 14.3. The standard InChI is InChI=1S/C34H29Cl2IN2O4/c1-4-41-32-16-24(15-31(37)33(32)43-19-23-6-5-21(2)22(3)13-23)14-26(18-38)34(40)39-28-9-11-29(12-10-28)42-20-25-7-8-27(35)17-30(25)36/h5-17H,4,19-20H2,1-3H3,(H,39,40)/b26-14+. The van der Waals surface area contributed by atoms with Crippen molar-refractivity contribution in [3.8, 4) is 23.3 Å². The van der Waals surface area contributed by atoms with Gasteiger partial charge in [0.1, 0.15) is 30.6 Å². The first-order chi connectivity index (χ1) is 20.7. The summed E-state index contributed by atoms with van der Waals surface area (Å²) in [5.41, 5.74) is 5.39. The van der Waals surface area contributed by atoms with E-state index in [1.807, 2.05) is 25.1 Å². The molecule has 0 spiro atoms. The number of aryl methyl sites for hydroxylation is 2. The summed E-state index contributed by atoms with van der Waals surface area (Å²) in [4.78, 5) is 13.0. The van der Waals surface area contributed by atoms with Crippen molar-refractivity contribution >= 4 is 63.5 Å². The van der Waals surface area contributed by atoms with Gasteiger partial charge in [-0.15, -0.1) is 0 Å². The summed E-state index contributed by atoms with van der Waals surface area (Å²) in [5.74, 6) is 1.21. The Morgan fingerprint density at radius 1 is 0.930 bits per heavy atom. The minimum atomic E-state index is -0.535. The molecule has 0 radical (unpaired) electrons. The molecule has 1 amide bonds. The van der Waals surface area contributed by atoms with Crippen molar-refractivity contribution in [3.63, 3.8) is 0 Å². The van der Waals surface area contributed by atoms with E-state index in [9.17, 15) is 10.1 Å². The van der Waals surface area contributed by atoms with Crippen LogP contribution in [0.1, 0.15) is 34.7 Å². The molecule has 0 fully saturated rings. The molecule has 0 saturated carbocycles. The van der Waals surface area contributed by atoms with Crippen LogP contribution < -0.4 is 19.5 Å². The van der Waals surface area contributed by atoms with Gasteiger partial charge in [-0.05, 0) is 120 Å². The zero-order valence-corrected chi connectivity index (χ0v) is 27.5. The minimum Gasteiger partial charge on any atom is -0.490 e. The molecule has 0 saturated heterocycles. The summed E-state index contributed by atoms with van der Waals surface area (Å²) in [5, 5.41) is 13.6. The van der Waals surface area contributed by atoms with Crippen molar-refractivity contribution in [1.82, 2.24) is 0 Å². The number of amides is 1. The predicted octanol–water partition coefficient (Wildman–Crippen LogP) is 9.32. The molecule has 4 aromatic carbocycles. The van der Waals surface area contributed by atoms with Crippen molar-refractivity contribution < 1.29 is 19.0 Å². The number of hydrogen-bond acceptors (Lipinski definition) is 5. The van der Waals surface area contributed by atoms with Crippen LogP contribution in [0.4, 0.5) is 5.69 Å². The molecule has 1 N–H and O–H groups in total. The number of nitrogens with zero attached hydrogens (tertiary/aromatic N) is 1. The highest BCUT2D eigenvalue weighted by atomic mass is 127. The van der Waals surface area contributed by atoms with Gasteiger partial charge < -0.3 is 19.5 Å². The van der Waals surface area contributed by atoms with E-state index in [1.165, 1.54) is 17.2 Å². The molecule has 0 unspecified atom stereocenters. The molecule has 9 heteroatoms. The van der Waals surface area contributed by atoms with Gasteiger partial charge in [0.15, 0.2) is 11.5 Å². The molecule has 0 aliphatic carbocycles. The lowest BCUT2D eigenvalue weighted by Crippen LogP contribution is -2.13. The fourth-order valence-electron chi connectivity index (χ4n) is 4.07. The molecule has 6 nitrogen and oxygen atoms in total. The molecular formula is C34H29Cl2IN2O4. The quantitative estimate of drug-likeness (QED) is 0.0947. The summed E-state index contributed by atoms with van der Waals surface area (Å²) in [6, 6.07) is 23.9. The van der Waals surface area contributed by atoms with Crippen LogP contribution in [0.25, 0.3) is 6.08 Å². The lowest BCUT2D eigenvalue weighted by Gasteiger charge is -2.15. The van der Waals surface area contributed by atoms with Gasteiger partial charge in [0, 0.05) is 21.3 Å². The molecular weight excluding hydrogens is 698 g/mol. The zero-order chi connectivity index (χ0) is 30.9. The Kier molecular flexibility index (Phi) is 11.3. The molecule has 0 atom stereocenters. The molecule has 0 aliphatic heterocycles. The Labute approximate surface area is 275 Å². The van der Waals surface area contributed by atoms with E-state index in [4.69, 9.17) is 37.4 Å². The first-order valence-electron chi connectivity index (χ1n) is 13.4. The number of hydrogen-bond donors (Lipinski definition) is 1. The van der Waals surface area contributed by atoms with Crippen LogP contribution in [0.2, 0.25) is 10.0 Å². The first kappa shape index (κ1) is 32.2. The summed E-state index contributed by atoms with van der Waals surface area (Å²) < 4.78 is 18.6. The van der Waals surface area contributed by atoms with Crippen molar-refractivity contribution in [2.24, 2.45) is 0 Å². The Balaban J connectivity index is 1.44. The number of rotatable bonds is 11. The second-order valence-corrected chi connectivity index (χ2v) is 11.6. The van der Waals surface area contributed by atoms with Gasteiger partial charge in [-0.3, -0.25) is 4.79 Å². The molecule has 0 aliphatic rings. The second kappa shape index (κ2) is 15.1. The van der Waals surface area contributed by atoms with E-state index >= 15 is 0 Å². The third kappa shape index (κ3) is 8.90. The maximum atomic E-state index is 13.0. The Morgan fingerprint density at radius 2 is 1.70 bits per heavy atom. The lowest BCUT2D eigenvalue weighted by molar-refractivity contribution is -0.112. The number of halogens is 3. The Morgan fingerprint density at radius 3 is 2.37 bits per heavy atom. The summed E-state index contributed by atoms with van der Waals surface area (Å²) in [7, 11) is 0. The molecule has 0 heterocycles. The van der Waals surface area contributed by atoms with Crippen LogP contribution >= 0.6 is 45.8 Å². The second-order valence-electron chi connectivity index (χ2n) is 9.64. The average Bonchev–Trinajstić information content (AvgIpc) is 2.97. The van der Waals surface area contributed by atoms with Crippen molar-refractivity contribution in [2.45, 2.75) is 34.0 Å². The van der Waals surface area contributed by atoms with E-state index < -0.39 is 5.91 Å². The third-order valence-corrected chi connectivity index (χ3v) is 7.87. The third-order valence-electron chi connectivity index (χ3n) is 6.48. The van der Waals surface area contributed by atoms with E-state index in [2.05, 4.69) is 53.9 Å². The number of nitrogens with one attached hydrogen (secondary N) is 1. The Bertz CT molecular complexity index is 1700. The average molecular weight is 727 g/mol. The molecule has 4 rings (SSSR count). The van der Waals surface area contributed by atoms with E-state index in [-0.39, 0.29) is 12.2 Å².